The number of methoxy groups -OCH3 is 2. The molecule has 6 rings (SSSR count). The highest BCUT2D eigenvalue weighted by atomic mass is 16.6. The number of pyridine rings is 1. The van der Waals surface area contributed by atoms with Crippen molar-refractivity contribution in [3.8, 4) is 17.4 Å². The normalized spacial score (nSPS) is 19.1. The number of hydrogen-bond acceptors (Lipinski definition) is 8. The van der Waals surface area contributed by atoms with E-state index in [1.807, 2.05) is 74.2 Å². The summed E-state index contributed by atoms with van der Waals surface area (Å²) in [7, 11) is 3.27. The van der Waals surface area contributed by atoms with E-state index in [1.165, 1.54) is 0 Å². The van der Waals surface area contributed by atoms with Crippen LogP contribution in [0.25, 0.3) is 0 Å². The first-order valence-corrected chi connectivity index (χ1v) is 18.4. The Labute approximate surface area is 307 Å². The molecular formula is C41H52N4O7. The van der Waals surface area contributed by atoms with Gasteiger partial charge in [-0.3, -0.25) is 9.59 Å². The maximum atomic E-state index is 14.4. The number of amides is 3. The van der Waals surface area contributed by atoms with Crippen LogP contribution in [-0.2, 0) is 31.0 Å². The zero-order valence-corrected chi connectivity index (χ0v) is 31.1. The van der Waals surface area contributed by atoms with Crippen LogP contribution in [0.2, 0.25) is 0 Å². The van der Waals surface area contributed by atoms with Crippen molar-refractivity contribution in [2.45, 2.75) is 82.9 Å². The molecule has 3 aromatic rings. The number of nitrogens with one attached hydrogen (secondary N) is 1. The fourth-order valence-electron chi connectivity index (χ4n) is 7.58. The van der Waals surface area contributed by atoms with Crippen molar-refractivity contribution in [3.63, 3.8) is 0 Å². The van der Waals surface area contributed by atoms with Crippen LogP contribution in [0.3, 0.4) is 0 Å². The number of rotatable bonds is 13. The lowest BCUT2D eigenvalue weighted by Gasteiger charge is -2.42. The quantitative estimate of drug-likeness (QED) is 0.200. The van der Waals surface area contributed by atoms with Gasteiger partial charge in [0.15, 0.2) is 0 Å². The number of carbonyl (C=O) groups excluding carboxylic acids is 3. The Morgan fingerprint density at radius 1 is 0.962 bits per heavy atom. The fraction of sp³-hybridized carbons (Fsp3) is 0.512. The number of unbranched alkanes of at least 4 members (excludes halogenated alkanes) is 1. The van der Waals surface area contributed by atoms with Crippen LogP contribution in [0, 0.1) is 11.8 Å². The monoisotopic (exact) mass is 712 g/mol. The molecule has 0 unspecified atom stereocenters. The number of piperidine rings is 1. The van der Waals surface area contributed by atoms with Crippen molar-refractivity contribution in [2.24, 2.45) is 11.8 Å². The van der Waals surface area contributed by atoms with Gasteiger partial charge >= 0.3 is 6.09 Å². The van der Waals surface area contributed by atoms with Gasteiger partial charge in [0.05, 0.1) is 18.9 Å². The van der Waals surface area contributed by atoms with Crippen molar-refractivity contribution >= 4 is 17.9 Å². The third-order valence-electron chi connectivity index (χ3n) is 10.2. The Hall–Kier alpha value is -4.64. The van der Waals surface area contributed by atoms with Gasteiger partial charge in [-0.05, 0) is 83.1 Å². The summed E-state index contributed by atoms with van der Waals surface area (Å²) in [5.74, 6) is 0.577. The number of para-hydroxylation sites is 2. The minimum Gasteiger partial charge on any atom is -0.481 e. The van der Waals surface area contributed by atoms with Gasteiger partial charge in [0, 0.05) is 74.7 Å². The van der Waals surface area contributed by atoms with Gasteiger partial charge < -0.3 is 34.1 Å². The molecule has 3 heterocycles. The molecule has 11 nitrogen and oxygen atoms in total. The average molecular weight is 713 g/mol. The highest BCUT2D eigenvalue weighted by Gasteiger charge is 2.45. The first-order valence-electron chi connectivity index (χ1n) is 18.4. The van der Waals surface area contributed by atoms with E-state index in [4.69, 9.17) is 18.9 Å². The molecule has 2 aromatic carbocycles. The van der Waals surface area contributed by atoms with E-state index in [-0.39, 0.29) is 30.9 Å². The van der Waals surface area contributed by atoms with Gasteiger partial charge in [0.25, 0.3) is 0 Å². The third-order valence-corrected chi connectivity index (χ3v) is 10.2. The second-order valence-corrected chi connectivity index (χ2v) is 15.3. The van der Waals surface area contributed by atoms with Crippen LogP contribution in [0.1, 0.15) is 76.0 Å². The summed E-state index contributed by atoms with van der Waals surface area (Å²) in [6.07, 6.45) is 5.82. The molecular weight excluding hydrogens is 660 g/mol. The lowest BCUT2D eigenvalue weighted by Crippen LogP contribution is -2.54. The topological polar surface area (TPSA) is 120 Å². The highest BCUT2D eigenvalue weighted by molar-refractivity contribution is 5.85. The van der Waals surface area contributed by atoms with Crippen LogP contribution < -0.4 is 14.8 Å². The van der Waals surface area contributed by atoms with Crippen LogP contribution in [0.5, 0.6) is 17.4 Å². The second-order valence-electron chi connectivity index (χ2n) is 15.3. The molecule has 2 atom stereocenters. The lowest BCUT2D eigenvalue weighted by molar-refractivity contribution is -0.140. The van der Waals surface area contributed by atoms with Gasteiger partial charge in [-0.1, -0.05) is 36.4 Å². The minimum absolute atomic E-state index is 0.0637. The molecule has 1 N–H and O–H groups in total. The lowest BCUT2D eigenvalue weighted by atomic mass is 9.69. The molecule has 3 amide bonds. The zero-order chi connectivity index (χ0) is 36.9. The fourth-order valence-corrected chi connectivity index (χ4v) is 7.58. The van der Waals surface area contributed by atoms with Crippen molar-refractivity contribution in [2.75, 3.05) is 40.5 Å². The summed E-state index contributed by atoms with van der Waals surface area (Å²) in [4.78, 5) is 50.0. The summed E-state index contributed by atoms with van der Waals surface area (Å²) in [5.41, 5.74) is 1.66. The van der Waals surface area contributed by atoms with E-state index in [9.17, 15) is 14.4 Å². The largest absolute Gasteiger partial charge is 0.481 e. The molecule has 3 aliphatic rings. The molecule has 0 radical (unpaired) electrons. The number of benzene rings is 2. The summed E-state index contributed by atoms with van der Waals surface area (Å²) in [5, 5.41) is 3.32. The van der Waals surface area contributed by atoms with Gasteiger partial charge in [0.1, 0.15) is 17.1 Å². The standard InChI is InChI=1S/C41H52N4O7/c1-40(2,3)52-39(48)44-25-29(23-30(26-44)38(47)45(31-16-17-31)24-28-18-20-42-36(22-28)50-5)37(46)43-27-41(19-10-11-21-49-4)32-12-6-8-14-34(32)51-35-15-9-7-13-33(35)41/h6-9,12-15,18,20,22,29-31H,10-11,16-17,19,21,23-27H2,1-5H3,(H,43,46)/t29-,30-/m0/s1. The average Bonchev–Trinajstić information content (AvgIpc) is 3.99. The number of carbonyl (C=O) groups is 3. The van der Waals surface area contributed by atoms with Gasteiger partial charge in [-0.2, -0.15) is 0 Å². The Balaban J connectivity index is 1.26. The number of ether oxygens (including phenoxy) is 4. The molecule has 0 bridgehead atoms. The molecule has 2 fully saturated rings. The summed E-state index contributed by atoms with van der Waals surface area (Å²) in [6.45, 7) is 7.16. The number of fused-ring (bicyclic) bond motifs is 2. The molecule has 11 heteroatoms. The maximum absolute atomic E-state index is 14.4. The van der Waals surface area contributed by atoms with Crippen LogP contribution in [0.15, 0.2) is 66.9 Å². The molecule has 1 aromatic heterocycles. The van der Waals surface area contributed by atoms with E-state index in [0.29, 0.717) is 32.0 Å². The number of hydrogen-bond donors (Lipinski definition) is 1. The predicted molar refractivity (Wildman–Crippen MR) is 196 cm³/mol. The Morgan fingerprint density at radius 2 is 1.63 bits per heavy atom. The van der Waals surface area contributed by atoms with Crippen molar-refractivity contribution in [3.05, 3.63) is 83.6 Å². The van der Waals surface area contributed by atoms with Crippen LogP contribution in [-0.4, -0.2) is 84.8 Å². The van der Waals surface area contributed by atoms with Gasteiger partial charge in [0.2, 0.25) is 17.7 Å². The SMILES string of the molecule is COCCCCC1(CNC(=O)[C@H]2C[C@H](C(=O)N(Cc3ccnc(OC)c3)C3CC3)CN(C(=O)OC(C)(C)C)C2)c2ccccc2Oc2ccccc21. The van der Waals surface area contributed by atoms with Gasteiger partial charge in [-0.15, -0.1) is 0 Å². The number of aromatic nitrogens is 1. The number of likely N-dealkylation sites (tertiary alicyclic amines) is 1. The molecule has 52 heavy (non-hydrogen) atoms. The molecule has 278 valence electrons. The Morgan fingerprint density at radius 3 is 2.27 bits per heavy atom. The predicted octanol–water partition coefficient (Wildman–Crippen LogP) is 6.48. The van der Waals surface area contributed by atoms with E-state index < -0.39 is 28.9 Å². The van der Waals surface area contributed by atoms with Crippen molar-refractivity contribution < 1.29 is 33.3 Å². The smallest absolute Gasteiger partial charge is 0.410 e. The summed E-state index contributed by atoms with van der Waals surface area (Å²) < 4.78 is 22.8. The molecule has 2 aliphatic heterocycles. The Bertz CT molecular complexity index is 1690. The molecule has 1 saturated heterocycles. The maximum Gasteiger partial charge on any atom is 0.410 e. The van der Waals surface area contributed by atoms with E-state index in [0.717, 1.165) is 60.3 Å². The minimum atomic E-state index is -0.731. The molecule has 0 spiro atoms. The third kappa shape index (κ3) is 8.52. The van der Waals surface area contributed by atoms with Gasteiger partial charge in [-0.25, -0.2) is 9.78 Å². The summed E-state index contributed by atoms with van der Waals surface area (Å²) >= 11 is 0. The molecule has 1 aliphatic carbocycles. The Kier molecular flexibility index (Phi) is 11.4. The van der Waals surface area contributed by atoms with Crippen LogP contribution in [0.4, 0.5) is 4.79 Å². The zero-order valence-electron chi connectivity index (χ0n) is 31.1. The first-order chi connectivity index (χ1) is 25.0. The van der Waals surface area contributed by atoms with Crippen molar-refractivity contribution in [1.82, 2.24) is 20.1 Å². The summed E-state index contributed by atoms with van der Waals surface area (Å²) in [6, 6.07) is 19.9. The second kappa shape index (κ2) is 15.9. The first kappa shape index (κ1) is 37.1. The van der Waals surface area contributed by atoms with E-state index in [1.54, 1.807) is 25.3 Å². The highest BCUT2D eigenvalue weighted by Crippen LogP contribution is 2.50. The van der Waals surface area contributed by atoms with Crippen molar-refractivity contribution in [1.29, 1.82) is 0 Å². The van der Waals surface area contributed by atoms with E-state index >= 15 is 0 Å². The van der Waals surface area contributed by atoms with E-state index in [2.05, 4.69) is 22.4 Å². The van der Waals surface area contributed by atoms with Crippen LogP contribution >= 0.6 is 0 Å². The number of nitrogens with zero attached hydrogens (tertiary/aromatic N) is 3. The molecule has 1 saturated carbocycles.